The molecule has 0 heterocycles. The van der Waals surface area contributed by atoms with Gasteiger partial charge in [-0.25, -0.2) is 0 Å². The molecule has 0 aromatic rings. The summed E-state index contributed by atoms with van der Waals surface area (Å²) in [4.78, 5) is 15.1. The molecular formula is C18H25NO. The predicted octanol–water partition coefficient (Wildman–Crippen LogP) is 3.49. The van der Waals surface area contributed by atoms with Crippen LogP contribution >= 0.6 is 0 Å². The Morgan fingerprint density at radius 3 is 2.80 bits per heavy atom. The Balaban J connectivity index is 1.89. The summed E-state index contributed by atoms with van der Waals surface area (Å²) in [7, 11) is 4.37. The topological polar surface area (TPSA) is 20.3 Å². The van der Waals surface area contributed by atoms with E-state index < -0.39 is 0 Å². The van der Waals surface area contributed by atoms with Gasteiger partial charge in [0.25, 0.3) is 0 Å². The number of allylic oxidation sites excluding steroid dienone is 2. The lowest BCUT2D eigenvalue weighted by atomic mass is 9.68. The van der Waals surface area contributed by atoms with E-state index in [-0.39, 0.29) is 11.0 Å². The van der Waals surface area contributed by atoms with Crippen molar-refractivity contribution in [1.29, 1.82) is 0 Å². The molecule has 2 heteroatoms. The fourth-order valence-electron chi connectivity index (χ4n) is 5.64. The average molecular weight is 271 g/mol. The number of carbonyl (C=O) groups is 1. The maximum absolute atomic E-state index is 12.8. The fourth-order valence-corrected chi connectivity index (χ4v) is 5.64. The lowest BCUT2D eigenvalue weighted by Gasteiger charge is -2.43. The van der Waals surface area contributed by atoms with Crippen molar-refractivity contribution in [2.75, 3.05) is 14.1 Å². The molecule has 2 fully saturated rings. The van der Waals surface area contributed by atoms with E-state index in [0.717, 1.165) is 12.8 Å². The molecule has 2 nitrogen and oxygen atoms in total. The number of carbonyl (C=O) groups excluding carboxylic acids is 1. The molecule has 2 bridgehead atoms. The minimum absolute atomic E-state index is 0.0215. The summed E-state index contributed by atoms with van der Waals surface area (Å²) in [6, 6.07) is 0. The van der Waals surface area contributed by atoms with E-state index in [1.54, 1.807) is 5.57 Å². The molecule has 4 aliphatic rings. The zero-order valence-corrected chi connectivity index (χ0v) is 12.7. The van der Waals surface area contributed by atoms with Gasteiger partial charge in [0.05, 0.1) is 11.0 Å². The van der Waals surface area contributed by atoms with E-state index >= 15 is 0 Å². The minimum Gasteiger partial charge on any atom is -0.299 e. The van der Waals surface area contributed by atoms with Crippen molar-refractivity contribution in [3.8, 4) is 0 Å². The summed E-state index contributed by atoms with van der Waals surface area (Å²) in [5.41, 5.74) is 3.01. The number of nitrogens with zero attached hydrogens (tertiary/aromatic N) is 1. The molecule has 4 rings (SSSR count). The number of likely N-dealkylation sites (N-methyl/N-ethyl adjacent to an activating group) is 1. The van der Waals surface area contributed by atoms with Gasteiger partial charge in [0.2, 0.25) is 0 Å². The maximum atomic E-state index is 12.8. The first-order chi connectivity index (χ1) is 9.61. The number of hydrogen-bond donors (Lipinski definition) is 0. The third kappa shape index (κ3) is 1.32. The second-order valence-electron chi connectivity index (χ2n) is 7.44. The van der Waals surface area contributed by atoms with Crippen molar-refractivity contribution in [3.63, 3.8) is 0 Å². The van der Waals surface area contributed by atoms with Crippen molar-refractivity contribution in [2.45, 2.75) is 56.9 Å². The maximum Gasteiger partial charge on any atom is 0.145 e. The van der Waals surface area contributed by atoms with Gasteiger partial charge in [-0.15, -0.1) is 0 Å². The highest BCUT2D eigenvalue weighted by molar-refractivity contribution is 5.95. The van der Waals surface area contributed by atoms with Crippen LogP contribution in [0.25, 0.3) is 0 Å². The van der Waals surface area contributed by atoms with E-state index in [4.69, 9.17) is 0 Å². The molecule has 4 aliphatic carbocycles. The zero-order valence-electron chi connectivity index (χ0n) is 12.7. The summed E-state index contributed by atoms with van der Waals surface area (Å²) in [5.74, 6) is 1.07. The Labute approximate surface area is 121 Å². The third-order valence-corrected chi connectivity index (χ3v) is 6.53. The van der Waals surface area contributed by atoms with Crippen LogP contribution < -0.4 is 0 Å². The molecule has 0 spiro atoms. The summed E-state index contributed by atoms with van der Waals surface area (Å²) >= 11 is 0. The van der Waals surface area contributed by atoms with Gasteiger partial charge in [0.1, 0.15) is 5.78 Å². The van der Waals surface area contributed by atoms with Gasteiger partial charge in [-0.1, -0.05) is 25.0 Å². The number of Topliss-reactive ketones (excluding diaryl/α,β-unsaturated/α-hetero) is 1. The van der Waals surface area contributed by atoms with Crippen molar-refractivity contribution >= 4 is 5.78 Å². The number of ketones is 1. The van der Waals surface area contributed by atoms with Gasteiger partial charge < -0.3 is 0 Å². The lowest BCUT2D eigenvalue weighted by molar-refractivity contribution is -0.125. The van der Waals surface area contributed by atoms with Crippen LogP contribution in [0.15, 0.2) is 23.3 Å². The van der Waals surface area contributed by atoms with Gasteiger partial charge in [0, 0.05) is 6.42 Å². The molecule has 3 atom stereocenters. The SMILES string of the molecule is CN(C)[C@]12CC(=O)[C@@]3(C=C1C1=CCCC1)CCCC[C@H]32. The Morgan fingerprint density at radius 1 is 1.25 bits per heavy atom. The third-order valence-electron chi connectivity index (χ3n) is 6.53. The standard InChI is InChI=1S/C18H25NO/c1-19(2)18-12-16(20)17(10-6-5-9-15(17)18)11-14(18)13-7-3-4-8-13/h7,11,15H,3-6,8-10,12H2,1-2H3/t15-,17-,18-/m1/s1. The van der Waals surface area contributed by atoms with E-state index in [1.165, 1.54) is 44.1 Å². The molecule has 20 heavy (non-hydrogen) atoms. The zero-order chi connectivity index (χ0) is 14.0. The second-order valence-corrected chi connectivity index (χ2v) is 7.44. The first-order valence-electron chi connectivity index (χ1n) is 8.25. The molecule has 0 unspecified atom stereocenters. The quantitative estimate of drug-likeness (QED) is 0.766. The van der Waals surface area contributed by atoms with Gasteiger partial charge in [-0.3, -0.25) is 9.69 Å². The summed E-state index contributed by atoms with van der Waals surface area (Å²) in [5, 5.41) is 0. The summed E-state index contributed by atoms with van der Waals surface area (Å²) in [6.45, 7) is 0. The van der Waals surface area contributed by atoms with Crippen LogP contribution in [0.1, 0.15) is 51.4 Å². The number of hydrogen-bond acceptors (Lipinski definition) is 2. The molecule has 2 saturated carbocycles. The highest BCUT2D eigenvalue weighted by Gasteiger charge is 2.68. The van der Waals surface area contributed by atoms with E-state index in [1.807, 2.05) is 0 Å². The van der Waals surface area contributed by atoms with Crippen molar-refractivity contribution in [2.24, 2.45) is 11.3 Å². The van der Waals surface area contributed by atoms with Gasteiger partial charge in [-0.2, -0.15) is 0 Å². The van der Waals surface area contributed by atoms with Crippen molar-refractivity contribution in [3.05, 3.63) is 23.3 Å². The molecule has 0 aromatic carbocycles. The molecular weight excluding hydrogens is 246 g/mol. The van der Waals surface area contributed by atoms with Crippen LogP contribution in [0.4, 0.5) is 0 Å². The lowest BCUT2D eigenvalue weighted by Crippen LogP contribution is -2.49. The van der Waals surface area contributed by atoms with Gasteiger partial charge in [0.15, 0.2) is 0 Å². The largest absolute Gasteiger partial charge is 0.299 e. The first kappa shape index (κ1) is 12.8. The van der Waals surface area contributed by atoms with E-state index in [2.05, 4.69) is 31.1 Å². The van der Waals surface area contributed by atoms with Gasteiger partial charge >= 0.3 is 0 Å². The van der Waals surface area contributed by atoms with Crippen LogP contribution in [0.2, 0.25) is 0 Å². The molecule has 108 valence electrons. The Kier molecular flexibility index (Phi) is 2.61. The highest BCUT2D eigenvalue weighted by Crippen LogP contribution is 2.66. The molecule has 0 saturated heterocycles. The highest BCUT2D eigenvalue weighted by atomic mass is 16.1. The number of rotatable bonds is 2. The Morgan fingerprint density at radius 2 is 2.10 bits per heavy atom. The normalized spacial score (nSPS) is 43.0. The van der Waals surface area contributed by atoms with Crippen LogP contribution in [-0.4, -0.2) is 30.3 Å². The Hall–Kier alpha value is -0.890. The molecule has 0 aliphatic heterocycles. The fraction of sp³-hybridized carbons (Fsp3) is 0.722. The van der Waals surface area contributed by atoms with E-state index in [9.17, 15) is 4.79 Å². The van der Waals surface area contributed by atoms with Crippen LogP contribution in [0, 0.1) is 11.3 Å². The minimum atomic E-state index is -0.0959. The first-order valence-corrected chi connectivity index (χ1v) is 8.25. The van der Waals surface area contributed by atoms with Crippen LogP contribution in [-0.2, 0) is 4.79 Å². The summed E-state index contributed by atoms with van der Waals surface area (Å²) in [6.07, 6.45) is 14.2. The Bertz CT molecular complexity index is 530. The monoisotopic (exact) mass is 271 g/mol. The summed E-state index contributed by atoms with van der Waals surface area (Å²) < 4.78 is 0. The molecule has 0 N–H and O–H groups in total. The van der Waals surface area contributed by atoms with Crippen molar-refractivity contribution in [1.82, 2.24) is 4.90 Å². The molecule has 0 amide bonds. The smallest absolute Gasteiger partial charge is 0.145 e. The van der Waals surface area contributed by atoms with Gasteiger partial charge in [-0.05, 0) is 63.3 Å². The van der Waals surface area contributed by atoms with Crippen molar-refractivity contribution < 1.29 is 4.79 Å². The van der Waals surface area contributed by atoms with Crippen LogP contribution in [0.3, 0.4) is 0 Å². The predicted molar refractivity (Wildman–Crippen MR) is 80.5 cm³/mol. The van der Waals surface area contributed by atoms with E-state index in [0.29, 0.717) is 11.7 Å². The van der Waals surface area contributed by atoms with Crippen LogP contribution in [0.5, 0.6) is 0 Å². The second kappa shape index (κ2) is 4.07. The molecule has 0 aromatic heterocycles. The molecule has 0 radical (unpaired) electrons. The average Bonchev–Trinajstić information content (AvgIpc) is 3.09.